The fraction of sp³-hybridized carbons (Fsp3) is 0.562. The van der Waals surface area contributed by atoms with Crippen molar-refractivity contribution < 1.29 is 27.4 Å². The highest BCUT2D eigenvalue weighted by Gasteiger charge is 2.39. The van der Waals surface area contributed by atoms with Gasteiger partial charge in [0.25, 0.3) is 0 Å². The van der Waals surface area contributed by atoms with E-state index in [-0.39, 0.29) is 43.1 Å². The summed E-state index contributed by atoms with van der Waals surface area (Å²) in [7, 11) is -4.00. The molecule has 2 saturated heterocycles. The van der Waals surface area contributed by atoms with Crippen LogP contribution in [-0.2, 0) is 19.6 Å². The maximum absolute atomic E-state index is 14.2. The molecule has 3 rings (SSSR count). The summed E-state index contributed by atoms with van der Waals surface area (Å²) in [5, 5.41) is 9.08. The SMILES string of the molecule is Cc1ccc(S(=O)(=O)N2C[C@@H]3COC[C@H](C2)N(CC(=O)O)C3)c(F)c1. The van der Waals surface area contributed by atoms with Crippen molar-refractivity contribution in [3.05, 3.63) is 29.6 Å². The van der Waals surface area contributed by atoms with E-state index >= 15 is 0 Å². The lowest BCUT2D eigenvalue weighted by Gasteiger charge is -2.30. The molecule has 0 aromatic heterocycles. The molecule has 0 saturated carbocycles. The van der Waals surface area contributed by atoms with Crippen LogP contribution in [0.1, 0.15) is 5.56 Å². The molecule has 2 aliphatic rings. The van der Waals surface area contributed by atoms with Gasteiger partial charge in [-0.25, -0.2) is 12.8 Å². The van der Waals surface area contributed by atoms with Crippen LogP contribution < -0.4 is 0 Å². The second-order valence-electron chi connectivity index (χ2n) is 6.64. The second kappa shape index (κ2) is 6.99. The van der Waals surface area contributed by atoms with Crippen LogP contribution in [0.15, 0.2) is 23.1 Å². The molecule has 2 heterocycles. The van der Waals surface area contributed by atoms with Crippen molar-refractivity contribution in [1.82, 2.24) is 9.21 Å². The number of carbonyl (C=O) groups is 1. The number of benzene rings is 1. The monoisotopic (exact) mass is 372 g/mol. The van der Waals surface area contributed by atoms with Gasteiger partial charge in [0.2, 0.25) is 10.0 Å². The van der Waals surface area contributed by atoms with E-state index in [1.54, 1.807) is 17.9 Å². The highest BCUT2D eigenvalue weighted by molar-refractivity contribution is 7.89. The summed E-state index contributed by atoms with van der Waals surface area (Å²) in [5.74, 6) is -1.89. The topological polar surface area (TPSA) is 87.2 Å². The predicted molar refractivity (Wildman–Crippen MR) is 87.2 cm³/mol. The van der Waals surface area contributed by atoms with Gasteiger partial charge in [0.1, 0.15) is 10.7 Å². The summed E-state index contributed by atoms with van der Waals surface area (Å²) >= 11 is 0. The van der Waals surface area contributed by atoms with E-state index in [2.05, 4.69) is 0 Å². The largest absolute Gasteiger partial charge is 0.480 e. The fourth-order valence-electron chi connectivity index (χ4n) is 3.40. The van der Waals surface area contributed by atoms with Gasteiger partial charge in [-0.3, -0.25) is 9.69 Å². The summed E-state index contributed by atoms with van der Waals surface area (Å²) in [6.45, 7) is 2.84. The Labute approximate surface area is 146 Å². The lowest BCUT2D eigenvalue weighted by Crippen LogP contribution is -2.47. The summed E-state index contributed by atoms with van der Waals surface area (Å²) in [6.07, 6.45) is 0. The summed E-state index contributed by atoms with van der Waals surface area (Å²) < 4.78 is 46.9. The molecule has 7 nitrogen and oxygen atoms in total. The van der Waals surface area contributed by atoms with Crippen molar-refractivity contribution in [2.24, 2.45) is 5.92 Å². The van der Waals surface area contributed by atoms with Gasteiger partial charge in [0.15, 0.2) is 0 Å². The average molecular weight is 372 g/mol. The average Bonchev–Trinajstić information content (AvgIpc) is 2.75. The van der Waals surface area contributed by atoms with Gasteiger partial charge >= 0.3 is 5.97 Å². The number of fused-ring (bicyclic) bond motifs is 3. The molecule has 0 spiro atoms. The third kappa shape index (κ3) is 3.84. The lowest BCUT2D eigenvalue weighted by atomic mass is 10.1. The molecule has 2 fully saturated rings. The maximum Gasteiger partial charge on any atom is 0.317 e. The zero-order valence-corrected chi connectivity index (χ0v) is 14.7. The summed E-state index contributed by atoms with van der Waals surface area (Å²) in [4.78, 5) is 12.5. The van der Waals surface area contributed by atoms with Gasteiger partial charge in [-0.15, -0.1) is 0 Å². The van der Waals surface area contributed by atoms with E-state index in [9.17, 15) is 17.6 Å². The van der Waals surface area contributed by atoms with Crippen LogP contribution in [0.3, 0.4) is 0 Å². The Bertz CT molecular complexity index is 770. The van der Waals surface area contributed by atoms with Crippen LogP contribution in [0.5, 0.6) is 0 Å². The molecular formula is C16H21FN2O5S. The van der Waals surface area contributed by atoms with Crippen molar-refractivity contribution in [3.63, 3.8) is 0 Å². The van der Waals surface area contributed by atoms with E-state index < -0.39 is 21.8 Å². The number of rotatable bonds is 4. The van der Waals surface area contributed by atoms with Crippen LogP contribution in [0, 0.1) is 18.7 Å². The van der Waals surface area contributed by atoms with Crippen LogP contribution >= 0.6 is 0 Å². The van der Waals surface area contributed by atoms with Crippen LogP contribution in [0.25, 0.3) is 0 Å². The highest BCUT2D eigenvalue weighted by Crippen LogP contribution is 2.26. The minimum atomic E-state index is -4.00. The molecule has 0 aliphatic carbocycles. The Balaban J connectivity index is 1.91. The number of aryl methyl sites for hydroxylation is 1. The molecule has 1 aromatic carbocycles. The molecule has 0 amide bonds. The first-order chi connectivity index (χ1) is 11.8. The molecule has 1 N–H and O–H groups in total. The van der Waals surface area contributed by atoms with Crippen LogP contribution in [-0.4, -0.2) is 74.1 Å². The number of carboxylic acids is 1. The van der Waals surface area contributed by atoms with Gasteiger partial charge < -0.3 is 9.84 Å². The Kier molecular flexibility index (Phi) is 5.10. The number of halogens is 1. The quantitative estimate of drug-likeness (QED) is 0.830. The number of sulfonamides is 1. The Morgan fingerprint density at radius 2 is 2.08 bits per heavy atom. The minimum absolute atomic E-state index is 0.0828. The van der Waals surface area contributed by atoms with Crippen molar-refractivity contribution in [3.8, 4) is 0 Å². The van der Waals surface area contributed by atoms with Crippen molar-refractivity contribution in [1.29, 1.82) is 0 Å². The number of hydrogen-bond donors (Lipinski definition) is 1. The Hall–Kier alpha value is -1.55. The first-order valence-electron chi connectivity index (χ1n) is 8.07. The Morgan fingerprint density at radius 3 is 2.76 bits per heavy atom. The first-order valence-corrected chi connectivity index (χ1v) is 9.51. The smallest absolute Gasteiger partial charge is 0.317 e. The fourth-order valence-corrected chi connectivity index (χ4v) is 5.00. The van der Waals surface area contributed by atoms with E-state index in [1.807, 2.05) is 0 Å². The van der Waals surface area contributed by atoms with E-state index in [0.717, 1.165) is 0 Å². The number of ether oxygens (including phenoxy) is 1. The molecule has 2 bridgehead atoms. The molecule has 138 valence electrons. The van der Waals surface area contributed by atoms with E-state index in [0.29, 0.717) is 18.7 Å². The third-order valence-corrected chi connectivity index (χ3v) is 6.46. The van der Waals surface area contributed by atoms with Crippen LogP contribution in [0.4, 0.5) is 4.39 Å². The number of aliphatic carboxylic acids is 1. The normalized spacial score (nSPS) is 25.5. The van der Waals surface area contributed by atoms with Gasteiger partial charge in [-0.1, -0.05) is 6.07 Å². The molecule has 9 heteroatoms. The molecule has 0 unspecified atom stereocenters. The third-order valence-electron chi connectivity index (χ3n) is 4.59. The predicted octanol–water partition coefficient (Wildman–Crippen LogP) is 0.540. The Morgan fingerprint density at radius 1 is 1.32 bits per heavy atom. The molecule has 1 aromatic rings. The molecule has 25 heavy (non-hydrogen) atoms. The van der Waals surface area contributed by atoms with Gasteiger partial charge in [0, 0.05) is 31.6 Å². The summed E-state index contributed by atoms with van der Waals surface area (Å²) in [6, 6.07) is 3.68. The van der Waals surface area contributed by atoms with Crippen molar-refractivity contribution in [2.75, 3.05) is 39.4 Å². The highest BCUT2D eigenvalue weighted by atomic mass is 32.2. The molecule has 0 radical (unpaired) electrons. The minimum Gasteiger partial charge on any atom is -0.480 e. The molecular weight excluding hydrogens is 351 g/mol. The summed E-state index contributed by atoms with van der Waals surface area (Å²) in [5.41, 5.74) is 0.644. The zero-order chi connectivity index (χ0) is 18.2. The van der Waals surface area contributed by atoms with Crippen LogP contribution in [0.2, 0.25) is 0 Å². The number of nitrogens with zero attached hydrogens (tertiary/aromatic N) is 2. The number of carboxylic acid groups (broad SMARTS) is 1. The number of hydrogen-bond acceptors (Lipinski definition) is 5. The van der Waals surface area contributed by atoms with Gasteiger partial charge in [0.05, 0.1) is 19.8 Å². The van der Waals surface area contributed by atoms with Gasteiger partial charge in [-0.2, -0.15) is 4.31 Å². The molecule has 2 atom stereocenters. The lowest BCUT2D eigenvalue weighted by molar-refractivity contribution is -0.139. The van der Waals surface area contributed by atoms with E-state index in [4.69, 9.17) is 9.84 Å². The van der Waals surface area contributed by atoms with E-state index in [1.165, 1.54) is 16.4 Å². The van der Waals surface area contributed by atoms with Crippen molar-refractivity contribution in [2.45, 2.75) is 17.9 Å². The van der Waals surface area contributed by atoms with Crippen molar-refractivity contribution >= 4 is 16.0 Å². The molecule has 2 aliphatic heterocycles. The second-order valence-corrected chi connectivity index (χ2v) is 8.54. The van der Waals surface area contributed by atoms with Gasteiger partial charge in [-0.05, 0) is 24.6 Å². The maximum atomic E-state index is 14.2. The first kappa shape index (κ1) is 18.2. The standard InChI is InChI=1S/C16H21FN2O5S/c1-11-2-3-15(14(17)4-11)25(22,23)19-6-12-5-18(8-16(20)21)13(7-19)10-24-9-12/h2-4,12-13H,5-10H2,1H3,(H,20,21)/t12-,13+/m1/s1. The zero-order valence-electron chi connectivity index (χ0n) is 13.9.